The van der Waals surface area contributed by atoms with Gasteiger partial charge in [0.2, 0.25) is 12.2 Å². The standard InChI is InChI=1S/C16H17NO7/c1-9(18)23-13-14(24-10(2)19)16(21)17(15(13)20)8-11-4-6-12(22-3)7-5-11/h4-7,13-14H,8H2,1-3H3/t13-,14+. The van der Waals surface area contributed by atoms with Gasteiger partial charge in [-0.25, -0.2) is 0 Å². The molecule has 0 saturated carbocycles. The van der Waals surface area contributed by atoms with Crippen molar-refractivity contribution in [2.45, 2.75) is 32.6 Å². The number of benzene rings is 1. The Morgan fingerprint density at radius 2 is 1.42 bits per heavy atom. The summed E-state index contributed by atoms with van der Waals surface area (Å²) < 4.78 is 14.8. The maximum absolute atomic E-state index is 12.4. The molecule has 128 valence electrons. The first-order valence-electron chi connectivity index (χ1n) is 7.16. The van der Waals surface area contributed by atoms with Gasteiger partial charge < -0.3 is 14.2 Å². The number of ether oxygens (including phenoxy) is 3. The predicted molar refractivity (Wildman–Crippen MR) is 79.7 cm³/mol. The van der Waals surface area contributed by atoms with Crippen LogP contribution in [0.3, 0.4) is 0 Å². The number of carbonyl (C=O) groups excluding carboxylic acids is 4. The Bertz CT molecular complexity index is 634. The maximum atomic E-state index is 12.4. The van der Waals surface area contributed by atoms with E-state index in [4.69, 9.17) is 14.2 Å². The molecule has 24 heavy (non-hydrogen) atoms. The number of imide groups is 1. The number of methoxy groups -OCH3 is 1. The molecule has 1 aliphatic rings. The lowest BCUT2D eigenvalue weighted by Gasteiger charge is -2.14. The summed E-state index contributed by atoms with van der Waals surface area (Å²) in [5.41, 5.74) is 0.669. The number of amides is 2. The van der Waals surface area contributed by atoms with Gasteiger partial charge >= 0.3 is 11.9 Å². The fourth-order valence-electron chi connectivity index (χ4n) is 2.33. The third kappa shape index (κ3) is 3.70. The van der Waals surface area contributed by atoms with Gasteiger partial charge in [-0.05, 0) is 17.7 Å². The summed E-state index contributed by atoms with van der Waals surface area (Å²) in [6.07, 6.45) is -2.92. The number of hydrogen-bond acceptors (Lipinski definition) is 7. The van der Waals surface area contributed by atoms with Crippen molar-refractivity contribution in [2.75, 3.05) is 7.11 Å². The third-order valence-corrected chi connectivity index (χ3v) is 3.38. The first kappa shape index (κ1) is 17.5. The topological polar surface area (TPSA) is 99.2 Å². The molecular formula is C16H17NO7. The van der Waals surface area contributed by atoms with E-state index in [0.717, 1.165) is 18.7 Å². The van der Waals surface area contributed by atoms with Crippen LogP contribution in [0.4, 0.5) is 0 Å². The molecule has 1 aromatic rings. The van der Waals surface area contributed by atoms with Gasteiger partial charge in [-0.1, -0.05) is 12.1 Å². The highest BCUT2D eigenvalue weighted by molar-refractivity contribution is 6.09. The van der Waals surface area contributed by atoms with E-state index in [1.807, 2.05) is 0 Å². The molecule has 8 heteroatoms. The third-order valence-electron chi connectivity index (χ3n) is 3.38. The number of likely N-dealkylation sites (tertiary alicyclic amines) is 1. The Morgan fingerprint density at radius 3 is 1.79 bits per heavy atom. The highest BCUT2D eigenvalue weighted by atomic mass is 16.6. The largest absolute Gasteiger partial charge is 0.497 e. The number of hydrogen-bond donors (Lipinski definition) is 0. The normalized spacial score (nSPS) is 20.0. The molecule has 2 amide bonds. The van der Waals surface area contributed by atoms with Crippen LogP contribution in [0.25, 0.3) is 0 Å². The molecule has 1 heterocycles. The Morgan fingerprint density at radius 1 is 0.958 bits per heavy atom. The van der Waals surface area contributed by atoms with Gasteiger partial charge in [-0.15, -0.1) is 0 Å². The second-order valence-corrected chi connectivity index (χ2v) is 5.17. The van der Waals surface area contributed by atoms with Crippen LogP contribution in [-0.2, 0) is 35.2 Å². The van der Waals surface area contributed by atoms with E-state index in [1.165, 1.54) is 7.11 Å². The average molecular weight is 335 g/mol. The second kappa shape index (κ2) is 7.12. The second-order valence-electron chi connectivity index (χ2n) is 5.17. The first-order valence-corrected chi connectivity index (χ1v) is 7.16. The zero-order valence-electron chi connectivity index (χ0n) is 13.5. The van der Waals surface area contributed by atoms with Crippen molar-refractivity contribution in [1.82, 2.24) is 4.90 Å². The fourth-order valence-corrected chi connectivity index (χ4v) is 2.33. The summed E-state index contributed by atoms with van der Waals surface area (Å²) in [5.74, 6) is -2.31. The Balaban J connectivity index is 2.22. The van der Waals surface area contributed by atoms with Crippen LogP contribution in [0.1, 0.15) is 19.4 Å². The Hall–Kier alpha value is -2.90. The zero-order valence-corrected chi connectivity index (χ0v) is 13.5. The van der Waals surface area contributed by atoms with Crippen LogP contribution in [0.5, 0.6) is 5.75 Å². The minimum atomic E-state index is -1.46. The number of nitrogens with zero attached hydrogens (tertiary/aromatic N) is 1. The van der Waals surface area contributed by atoms with E-state index in [-0.39, 0.29) is 6.54 Å². The number of rotatable bonds is 5. The van der Waals surface area contributed by atoms with Crippen molar-refractivity contribution in [3.05, 3.63) is 29.8 Å². The zero-order chi connectivity index (χ0) is 17.9. The van der Waals surface area contributed by atoms with Crippen molar-refractivity contribution < 1.29 is 33.4 Å². The van der Waals surface area contributed by atoms with Gasteiger partial charge in [-0.3, -0.25) is 24.1 Å². The quantitative estimate of drug-likeness (QED) is 0.568. The van der Waals surface area contributed by atoms with Gasteiger partial charge in [0, 0.05) is 13.8 Å². The highest BCUT2D eigenvalue weighted by Crippen LogP contribution is 2.23. The molecule has 1 aliphatic heterocycles. The lowest BCUT2D eigenvalue weighted by Crippen LogP contribution is -2.36. The van der Waals surface area contributed by atoms with Crippen LogP contribution in [-0.4, -0.2) is 48.0 Å². The molecule has 0 spiro atoms. The molecule has 0 radical (unpaired) electrons. The summed E-state index contributed by atoms with van der Waals surface area (Å²) in [5, 5.41) is 0. The van der Waals surface area contributed by atoms with Crippen LogP contribution in [0, 0.1) is 0 Å². The molecule has 0 aromatic heterocycles. The molecule has 0 bridgehead atoms. The molecule has 2 rings (SSSR count). The monoisotopic (exact) mass is 335 g/mol. The average Bonchev–Trinajstić information content (AvgIpc) is 2.73. The van der Waals surface area contributed by atoms with Gasteiger partial charge in [0.15, 0.2) is 0 Å². The van der Waals surface area contributed by atoms with Crippen molar-refractivity contribution in [3.63, 3.8) is 0 Å². The van der Waals surface area contributed by atoms with Crippen LogP contribution >= 0.6 is 0 Å². The smallest absolute Gasteiger partial charge is 0.303 e. The summed E-state index contributed by atoms with van der Waals surface area (Å²) >= 11 is 0. The molecule has 1 aromatic carbocycles. The molecule has 1 saturated heterocycles. The van der Waals surface area contributed by atoms with Gasteiger partial charge in [0.1, 0.15) is 5.75 Å². The molecule has 0 aliphatic carbocycles. The predicted octanol–water partition coefficient (Wildman–Crippen LogP) is 0.427. The van der Waals surface area contributed by atoms with Crippen LogP contribution in [0.2, 0.25) is 0 Å². The maximum Gasteiger partial charge on any atom is 0.303 e. The SMILES string of the molecule is COc1ccc(CN2C(=O)[C@@H](OC(C)=O)[C@@H](OC(C)=O)C2=O)cc1. The van der Waals surface area contributed by atoms with E-state index in [2.05, 4.69) is 0 Å². The number of esters is 2. The van der Waals surface area contributed by atoms with E-state index in [9.17, 15) is 19.2 Å². The summed E-state index contributed by atoms with van der Waals surface area (Å²) in [6, 6.07) is 6.76. The summed E-state index contributed by atoms with van der Waals surface area (Å²) in [4.78, 5) is 48.0. The van der Waals surface area contributed by atoms with E-state index < -0.39 is 36.0 Å². The van der Waals surface area contributed by atoms with Gasteiger partial charge in [-0.2, -0.15) is 0 Å². The molecule has 8 nitrogen and oxygen atoms in total. The Kier molecular flexibility index (Phi) is 5.18. The fraction of sp³-hybridized carbons (Fsp3) is 0.375. The van der Waals surface area contributed by atoms with Crippen molar-refractivity contribution in [1.29, 1.82) is 0 Å². The highest BCUT2D eigenvalue weighted by Gasteiger charge is 2.52. The molecule has 0 N–H and O–H groups in total. The molecule has 2 atom stereocenters. The van der Waals surface area contributed by atoms with Gasteiger partial charge in [0.25, 0.3) is 11.8 Å². The minimum absolute atomic E-state index is 0.0306. The van der Waals surface area contributed by atoms with Crippen molar-refractivity contribution in [2.24, 2.45) is 0 Å². The van der Waals surface area contributed by atoms with Crippen LogP contribution in [0.15, 0.2) is 24.3 Å². The number of carbonyl (C=O) groups is 4. The van der Waals surface area contributed by atoms with Crippen molar-refractivity contribution >= 4 is 23.8 Å². The van der Waals surface area contributed by atoms with E-state index in [1.54, 1.807) is 24.3 Å². The van der Waals surface area contributed by atoms with E-state index in [0.29, 0.717) is 11.3 Å². The van der Waals surface area contributed by atoms with Gasteiger partial charge in [0.05, 0.1) is 13.7 Å². The lowest BCUT2D eigenvalue weighted by atomic mass is 10.2. The lowest BCUT2D eigenvalue weighted by molar-refractivity contribution is -0.167. The molecule has 1 fully saturated rings. The Labute approximate surface area is 138 Å². The van der Waals surface area contributed by atoms with Crippen LogP contribution < -0.4 is 4.74 Å². The summed E-state index contributed by atoms with van der Waals surface area (Å²) in [6.45, 7) is 2.18. The van der Waals surface area contributed by atoms with Crippen molar-refractivity contribution in [3.8, 4) is 5.75 Å². The summed E-state index contributed by atoms with van der Waals surface area (Å²) in [7, 11) is 1.52. The molecular weight excluding hydrogens is 318 g/mol. The van der Waals surface area contributed by atoms with E-state index >= 15 is 0 Å². The first-order chi connectivity index (χ1) is 11.3. The molecule has 0 unspecified atom stereocenters. The minimum Gasteiger partial charge on any atom is -0.497 e.